The van der Waals surface area contributed by atoms with Gasteiger partial charge in [0.2, 0.25) is 0 Å². The van der Waals surface area contributed by atoms with Crippen LogP contribution in [-0.2, 0) is 0 Å². The first-order chi connectivity index (χ1) is 29.8. The monoisotopic (exact) mass is 781 g/mol. The maximum absolute atomic E-state index is 2.93. The third-order valence-corrected chi connectivity index (χ3v) is 16.5. The Balaban J connectivity index is 1.28. The molecule has 1 nitrogen and oxygen atoms in total. The zero-order valence-electron chi connectivity index (χ0n) is 33.3. The Morgan fingerprint density at radius 3 is 1.25 bits per heavy atom. The SMILES string of the molecule is c1ccc(-c2ccc(N(c3cccc([Si](c4ccccc4)(c4ccccc4)c4ccc5ccccc5c4)c3)c3c(-c4ccccc4)cccc3-c3ccccc3)cc2)cc1. The molecule has 0 spiro atoms. The van der Waals surface area contributed by atoms with E-state index in [1.54, 1.807) is 0 Å². The highest BCUT2D eigenvalue weighted by Gasteiger charge is 2.42. The van der Waals surface area contributed by atoms with Gasteiger partial charge in [0, 0.05) is 22.5 Å². The van der Waals surface area contributed by atoms with E-state index in [2.05, 4.69) is 266 Å². The normalized spacial score (nSPS) is 11.3. The number of nitrogens with zero attached hydrogens (tertiary/aromatic N) is 1. The molecule has 284 valence electrons. The molecule has 10 aromatic carbocycles. The van der Waals surface area contributed by atoms with E-state index in [1.165, 1.54) is 64.9 Å². The van der Waals surface area contributed by atoms with Crippen LogP contribution in [-0.4, -0.2) is 8.07 Å². The van der Waals surface area contributed by atoms with Crippen molar-refractivity contribution in [3.8, 4) is 33.4 Å². The smallest absolute Gasteiger partial charge is 0.179 e. The van der Waals surface area contributed by atoms with E-state index in [9.17, 15) is 0 Å². The Kier molecular flexibility index (Phi) is 10.0. The minimum atomic E-state index is -2.93. The Labute approximate surface area is 354 Å². The first-order valence-electron chi connectivity index (χ1n) is 20.7. The molecule has 2 heteroatoms. The quantitative estimate of drug-likeness (QED) is 0.0987. The molecule has 10 aromatic rings. The standard InChI is InChI=1S/C58H43NSi/c1-6-20-44(21-7-1)46-36-39-50(40-37-46)59(58-56(47-23-8-2-9-24-47)34-19-35-57(58)48-25-10-3-11-26-48)51-28-18-33-54(43-51)60(52-29-12-4-13-30-52,53-31-14-5-15-32-53)55-41-38-45-22-16-17-27-49(45)42-55/h1-43H. The van der Waals surface area contributed by atoms with E-state index in [0.29, 0.717) is 0 Å². The number of para-hydroxylation sites is 1. The zero-order chi connectivity index (χ0) is 40.1. The average Bonchev–Trinajstić information content (AvgIpc) is 3.34. The van der Waals surface area contributed by atoms with Crippen molar-refractivity contribution in [3.05, 3.63) is 261 Å². The molecule has 0 aliphatic heterocycles. The van der Waals surface area contributed by atoms with Crippen LogP contribution in [0.15, 0.2) is 261 Å². The van der Waals surface area contributed by atoms with E-state index in [4.69, 9.17) is 0 Å². The first-order valence-corrected chi connectivity index (χ1v) is 22.7. The lowest BCUT2D eigenvalue weighted by Gasteiger charge is -2.36. The highest BCUT2D eigenvalue weighted by molar-refractivity contribution is 7.20. The highest BCUT2D eigenvalue weighted by Crippen LogP contribution is 2.46. The van der Waals surface area contributed by atoms with Crippen LogP contribution in [0.2, 0.25) is 0 Å². The van der Waals surface area contributed by atoms with Gasteiger partial charge >= 0.3 is 0 Å². The molecule has 0 bridgehead atoms. The Hall–Kier alpha value is -7.52. The van der Waals surface area contributed by atoms with Crippen LogP contribution < -0.4 is 25.6 Å². The summed E-state index contributed by atoms with van der Waals surface area (Å²) in [5, 5.41) is 7.85. The van der Waals surface area contributed by atoms with Gasteiger partial charge in [-0.05, 0) is 78.0 Å². The minimum Gasteiger partial charge on any atom is -0.309 e. The summed E-state index contributed by atoms with van der Waals surface area (Å²) in [6.45, 7) is 0. The second kappa shape index (κ2) is 16.4. The van der Waals surface area contributed by atoms with Crippen molar-refractivity contribution in [3.63, 3.8) is 0 Å². The summed E-state index contributed by atoms with van der Waals surface area (Å²) >= 11 is 0. The molecule has 0 heterocycles. The van der Waals surface area contributed by atoms with Crippen molar-refractivity contribution in [1.82, 2.24) is 0 Å². The van der Waals surface area contributed by atoms with Crippen LogP contribution in [0.3, 0.4) is 0 Å². The molecule has 0 fully saturated rings. The lowest BCUT2D eigenvalue weighted by atomic mass is 9.94. The van der Waals surface area contributed by atoms with Gasteiger partial charge < -0.3 is 4.90 Å². The van der Waals surface area contributed by atoms with Gasteiger partial charge in [-0.3, -0.25) is 0 Å². The largest absolute Gasteiger partial charge is 0.309 e. The molecule has 0 unspecified atom stereocenters. The van der Waals surface area contributed by atoms with Crippen LogP contribution in [0.1, 0.15) is 0 Å². The predicted octanol–water partition coefficient (Wildman–Crippen LogP) is 12.7. The first kappa shape index (κ1) is 36.8. The molecule has 0 N–H and O–H groups in total. The fourth-order valence-electron chi connectivity index (χ4n) is 9.00. The molecule has 0 aliphatic carbocycles. The number of anilines is 3. The van der Waals surface area contributed by atoms with Crippen molar-refractivity contribution in [1.29, 1.82) is 0 Å². The molecule has 0 amide bonds. The summed E-state index contributed by atoms with van der Waals surface area (Å²) in [5.74, 6) is 0. The van der Waals surface area contributed by atoms with Gasteiger partial charge in [-0.1, -0.05) is 237 Å². The third kappa shape index (κ3) is 6.83. The summed E-state index contributed by atoms with van der Waals surface area (Å²) < 4.78 is 0. The van der Waals surface area contributed by atoms with Crippen LogP contribution in [0, 0.1) is 0 Å². The van der Waals surface area contributed by atoms with Crippen molar-refractivity contribution in [2.75, 3.05) is 4.90 Å². The van der Waals surface area contributed by atoms with Crippen molar-refractivity contribution in [2.45, 2.75) is 0 Å². The molecule has 0 saturated carbocycles. The number of rotatable bonds is 10. The molecule has 60 heavy (non-hydrogen) atoms. The second-order valence-corrected chi connectivity index (χ2v) is 19.1. The van der Waals surface area contributed by atoms with Crippen LogP contribution in [0.4, 0.5) is 17.1 Å². The maximum atomic E-state index is 2.50. The molecule has 0 saturated heterocycles. The van der Waals surface area contributed by atoms with E-state index in [1.807, 2.05) is 0 Å². The fourth-order valence-corrected chi connectivity index (χ4v) is 13.8. The molecule has 10 rings (SSSR count). The van der Waals surface area contributed by atoms with Crippen molar-refractivity contribution >= 4 is 56.7 Å². The van der Waals surface area contributed by atoms with Gasteiger partial charge in [0.25, 0.3) is 0 Å². The lowest BCUT2D eigenvalue weighted by molar-refractivity contribution is 1.29. The van der Waals surface area contributed by atoms with E-state index >= 15 is 0 Å². The molecule has 0 radical (unpaired) electrons. The average molecular weight is 782 g/mol. The molecule has 0 aromatic heterocycles. The number of benzene rings is 10. The van der Waals surface area contributed by atoms with Gasteiger partial charge in [0.15, 0.2) is 8.07 Å². The zero-order valence-corrected chi connectivity index (χ0v) is 34.3. The number of fused-ring (bicyclic) bond motifs is 1. The topological polar surface area (TPSA) is 3.24 Å². The van der Waals surface area contributed by atoms with Crippen LogP contribution >= 0.6 is 0 Å². The van der Waals surface area contributed by atoms with Gasteiger partial charge in [-0.2, -0.15) is 0 Å². The summed E-state index contributed by atoms with van der Waals surface area (Å²) in [4.78, 5) is 2.50. The number of hydrogen-bond acceptors (Lipinski definition) is 1. The van der Waals surface area contributed by atoms with Gasteiger partial charge in [0.05, 0.1) is 5.69 Å². The molecule has 0 aliphatic rings. The van der Waals surface area contributed by atoms with Crippen molar-refractivity contribution < 1.29 is 0 Å². The van der Waals surface area contributed by atoms with Gasteiger partial charge in [-0.25, -0.2) is 0 Å². The summed E-state index contributed by atoms with van der Waals surface area (Å²) in [7, 11) is -2.93. The van der Waals surface area contributed by atoms with E-state index in [-0.39, 0.29) is 0 Å². The minimum absolute atomic E-state index is 1.09. The summed E-state index contributed by atoms with van der Waals surface area (Å²) in [6, 6.07) is 95.9. The third-order valence-electron chi connectivity index (χ3n) is 11.8. The Morgan fingerprint density at radius 1 is 0.250 bits per heavy atom. The summed E-state index contributed by atoms with van der Waals surface area (Å²) in [6.07, 6.45) is 0. The Morgan fingerprint density at radius 2 is 0.683 bits per heavy atom. The molecular weight excluding hydrogens is 739 g/mol. The fraction of sp³-hybridized carbons (Fsp3) is 0. The predicted molar refractivity (Wildman–Crippen MR) is 259 cm³/mol. The number of hydrogen-bond donors (Lipinski definition) is 0. The molecular formula is C58H43NSi. The molecule has 0 atom stereocenters. The lowest BCUT2D eigenvalue weighted by Crippen LogP contribution is -2.74. The van der Waals surface area contributed by atoms with Gasteiger partial charge in [-0.15, -0.1) is 0 Å². The maximum Gasteiger partial charge on any atom is 0.179 e. The Bertz CT molecular complexity index is 2910. The van der Waals surface area contributed by atoms with E-state index < -0.39 is 8.07 Å². The van der Waals surface area contributed by atoms with E-state index in [0.717, 1.165) is 17.1 Å². The highest BCUT2D eigenvalue weighted by atomic mass is 28.3. The second-order valence-electron chi connectivity index (χ2n) is 15.3. The summed E-state index contributed by atoms with van der Waals surface area (Å²) in [5.41, 5.74) is 10.4. The van der Waals surface area contributed by atoms with Crippen LogP contribution in [0.5, 0.6) is 0 Å². The van der Waals surface area contributed by atoms with Crippen LogP contribution in [0.25, 0.3) is 44.2 Å². The van der Waals surface area contributed by atoms with Crippen molar-refractivity contribution in [2.24, 2.45) is 0 Å². The van der Waals surface area contributed by atoms with Gasteiger partial charge in [0.1, 0.15) is 0 Å².